The van der Waals surface area contributed by atoms with E-state index in [1.807, 2.05) is 19.1 Å². The highest BCUT2D eigenvalue weighted by molar-refractivity contribution is 6.45. The van der Waals surface area contributed by atoms with Gasteiger partial charge in [-0.3, -0.25) is 9.59 Å². The Morgan fingerprint density at radius 1 is 1.07 bits per heavy atom. The molecular weight excluding hydrogens is 390 g/mol. The first-order valence-electron chi connectivity index (χ1n) is 9.91. The first-order chi connectivity index (χ1) is 14.4. The number of halogens is 2. The number of hydrogen-bond acceptors (Lipinski definition) is 4. The van der Waals surface area contributed by atoms with Crippen molar-refractivity contribution in [3.05, 3.63) is 70.9 Å². The first-order valence-corrected chi connectivity index (χ1v) is 9.91. The van der Waals surface area contributed by atoms with Crippen molar-refractivity contribution < 1.29 is 23.5 Å². The number of nitrogens with zero attached hydrogens (tertiary/aromatic N) is 2. The average molecular weight is 412 g/mol. The SMILES string of the molecule is Cc1ccc(C2=C(N3CCCC(CO)C3)C(=O)N(c3ccc(F)cc3F)C2=O)cc1. The zero-order chi connectivity index (χ0) is 21.4. The number of carbonyl (C=O) groups is 2. The van der Waals surface area contributed by atoms with Gasteiger partial charge in [0.05, 0.1) is 11.3 Å². The highest BCUT2D eigenvalue weighted by Crippen LogP contribution is 2.37. The van der Waals surface area contributed by atoms with Crippen molar-refractivity contribution >= 4 is 23.1 Å². The first kappa shape index (κ1) is 20.2. The molecule has 0 saturated carbocycles. The van der Waals surface area contributed by atoms with E-state index in [1.165, 1.54) is 0 Å². The number of piperidine rings is 1. The third-order valence-electron chi connectivity index (χ3n) is 5.64. The van der Waals surface area contributed by atoms with Crippen LogP contribution in [0, 0.1) is 24.5 Å². The molecule has 5 nitrogen and oxygen atoms in total. The summed E-state index contributed by atoms with van der Waals surface area (Å²) in [6.07, 6.45) is 1.60. The van der Waals surface area contributed by atoms with Gasteiger partial charge in [0.25, 0.3) is 11.8 Å². The van der Waals surface area contributed by atoms with E-state index < -0.39 is 23.4 Å². The number of anilines is 1. The molecule has 1 atom stereocenters. The minimum atomic E-state index is -0.979. The predicted octanol–water partition coefficient (Wildman–Crippen LogP) is 3.26. The van der Waals surface area contributed by atoms with Crippen LogP contribution >= 0.6 is 0 Å². The molecule has 0 aliphatic carbocycles. The zero-order valence-electron chi connectivity index (χ0n) is 16.6. The molecule has 156 valence electrons. The Kier molecular flexibility index (Phi) is 5.39. The van der Waals surface area contributed by atoms with Crippen LogP contribution in [-0.2, 0) is 9.59 Å². The van der Waals surface area contributed by atoms with Crippen molar-refractivity contribution in [2.75, 3.05) is 24.6 Å². The average Bonchev–Trinajstić information content (AvgIpc) is 2.99. The van der Waals surface area contributed by atoms with E-state index >= 15 is 0 Å². The van der Waals surface area contributed by atoms with Crippen LogP contribution in [0.25, 0.3) is 5.57 Å². The summed E-state index contributed by atoms with van der Waals surface area (Å²) < 4.78 is 27.9. The number of hydrogen-bond donors (Lipinski definition) is 1. The van der Waals surface area contributed by atoms with Crippen molar-refractivity contribution in [2.24, 2.45) is 5.92 Å². The number of aliphatic hydroxyl groups excluding tert-OH is 1. The van der Waals surface area contributed by atoms with Crippen LogP contribution in [0.5, 0.6) is 0 Å². The van der Waals surface area contributed by atoms with Crippen LogP contribution in [-0.4, -0.2) is 41.5 Å². The van der Waals surface area contributed by atoms with Gasteiger partial charge >= 0.3 is 0 Å². The molecule has 1 unspecified atom stereocenters. The second-order valence-corrected chi connectivity index (χ2v) is 7.77. The lowest BCUT2D eigenvalue weighted by molar-refractivity contribution is -0.121. The van der Waals surface area contributed by atoms with E-state index in [-0.39, 0.29) is 29.5 Å². The molecule has 0 spiro atoms. The Morgan fingerprint density at radius 3 is 2.47 bits per heavy atom. The van der Waals surface area contributed by atoms with Gasteiger partial charge in [-0.1, -0.05) is 29.8 Å². The predicted molar refractivity (Wildman–Crippen MR) is 108 cm³/mol. The Hall–Kier alpha value is -3.06. The number of amides is 2. The highest BCUT2D eigenvalue weighted by Gasteiger charge is 2.44. The van der Waals surface area contributed by atoms with Crippen molar-refractivity contribution in [1.29, 1.82) is 0 Å². The van der Waals surface area contributed by atoms with Gasteiger partial charge in [0.2, 0.25) is 0 Å². The van der Waals surface area contributed by atoms with Gasteiger partial charge in [-0.15, -0.1) is 0 Å². The van der Waals surface area contributed by atoms with Crippen LogP contribution in [0.1, 0.15) is 24.0 Å². The second kappa shape index (κ2) is 7.99. The molecule has 1 fully saturated rings. The standard InChI is InChI=1S/C23H22F2N2O3/c1-14-4-6-16(7-5-14)20-21(26-10-2-3-15(12-26)13-28)23(30)27(22(20)29)19-9-8-17(24)11-18(19)25/h4-9,11,15,28H,2-3,10,12-13H2,1H3. The van der Waals surface area contributed by atoms with E-state index in [0.717, 1.165) is 35.4 Å². The maximum Gasteiger partial charge on any atom is 0.282 e. The van der Waals surface area contributed by atoms with E-state index in [1.54, 1.807) is 17.0 Å². The van der Waals surface area contributed by atoms with Crippen molar-refractivity contribution in [1.82, 2.24) is 4.90 Å². The van der Waals surface area contributed by atoms with Gasteiger partial charge in [0.15, 0.2) is 0 Å². The topological polar surface area (TPSA) is 60.9 Å². The van der Waals surface area contributed by atoms with Crippen molar-refractivity contribution in [3.63, 3.8) is 0 Å². The molecule has 0 bridgehead atoms. The van der Waals surface area contributed by atoms with Gasteiger partial charge in [0.1, 0.15) is 17.3 Å². The van der Waals surface area contributed by atoms with Crippen LogP contribution in [0.15, 0.2) is 48.2 Å². The maximum atomic E-state index is 14.5. The Balaban J connectivity index is 1.83. The van der Waals surface area contributed by atoms with Gasteiger partial charge in [0, 0.05) is 25.8 Å². The highest BCUT2D eigenvalue weighted by atomic mass is 19.1. The molecule has 2 aromatic carbocycles. The zero-order valence-corrected chi connectivity index (χ0v) is 16.6. The van der Waals surface area contributed by atoms with Crippen molar-refractivity contribution in [3.8, 4) is 0 Å². The van der Waals surface area contributed by atoms with Crippen molar-refractivity contribution in [2.45, 2.75) is 19.8 Å². The summed E-state index contributed by atoms with van der Waals surface area (Å²) in [6.45, 7) is 2.89. The van der Waals surface area contributed by atoms with Crippen LogP contribution in [0.3, 0.4) is 0 Å². The van der Waals surface area contributed by atoms with Gasteiger partial charge < -0.3 is 10.0 Å². The molecular formula is C23H22F2N2O3. The number of aryl methyl sites for hydroxylation is 1. The minimum absolute atomic E-state index is 0.00923. The number of carbonyl (C=O) groups excluding carboxylic acids is 2. The fraction of sp³-hybridized carbons (Fsp3) is 0.304. The Labute approximate surface area is 173 Å². The molecule has 7 heteroatoms. The lowest BCUT2D eigenvalue weighted by atomic mass is 9.96. The molecule has 2 aromatic rings. The number of imide groups is 1. The van der Waals surface area contributed by atoms with Gasteiger partial charge in [-0.05, 0) is 43.4 Å². The fourth-order valence-corrected chi connectivity index (χ4v) is 4.09. The quantitative estimate of drug-likeness (QED) is 0.784. The maximum absolute atomic E-state index is 14.5. The lowest BCUT2D eigenvalue weighted by Crippen LogP contribution is -2.40. The summed E-state index contributed by atoms with van der Waals surface area (Å²) in [5.74, 6) is -3.06. The van der Waals surface area contributed by atoms with Gasteiger partial charge in [-0.2, -0.15) is 0 Å². The molecule has 1 N–H and O–H groups in total. The summed E-state index contributed by atoms with van der Waals surface area (Å²) in [7, 11) is 0. The number of benzene rings is 2. The summed E-state index contributed by atoms with van der Waals surface area (Å²) in [5.41, 5.74) is 1.68. The molecule has 0 radical (unpaired) electrons. The normalized spacial score (nSPS) is 19.8. The van der Waals surface area contributed by atoms with E-state index in [9.17, 15) is 23.5 Å². The number of rotatable bonds is 4. The molecule has 2 heterocycles. The summed E-state index contributed by atoms with van der Waals surface area (Å²) in [4.78, 5) is 29.3. The summed E-state index contributed by atoms with van der Waals surface area (Å²) in [5, 5.41) is 9.59. The largest absolute Gasteiger partial charge is 0.396 e. The van der Waals surface area contributed by atoms with E-state index in [0.29, 0.717) is 24.7 Å². The van der Waals surface area contributed by atoms with Crippen LogP contribution < -0.4 is 4.90 Å². The number of aliphatic hydroxyl groups is 1. The smallest absolute Gasteiger partial charge is 0.282 e. The second-order valence-electron chi connectivity index (χ2n) is 7.77. The monoisotopic (exact) mass is 412 g/mol. The fourth-order valence-electron chi connectivity index (χ4n) is 4.09. The number of likely N-dealkylation sites (tertiary alicyclic amines) is 1. The molecule has 30 heavy (non-hydrogen) atoms. The summed E-state index contributed by atoms with van der Waals surface area (Å²) >= 11 is 0. The third-order valence-corrected chi connectivity index (χ3v) is 5.64. The molecule has 0 aromatic heterocycles. The lowest BCUT2D eigenvalue weighted by Gasteiger charge is -2.34. The summed E-state index contributed by atoms with van der Waals surface area (Å²) in [6, 6.07) is 9.97. The van der Waals surface area contributed by atoms with Crippen LogP contribution in [0.4, 0.5) is 14.5 Å². The molecule has 1 saturated heterocycles. The minimum Gasteiger partial charge on any atom is -0.396 e. The molecule has 2 amide bonds. The van der Waals surface area contributed by atoms with Crippen LogP contribution in [0.2, 0.25) is 0 Å². The molecule has 2 aliphatic rings. The molecule has 4 rings (SSSR count). The Bertz CT molecular complexity index is 1030. The van der Waals surface area contributed by atoms with Gasteiger partial charge in [-0.25, -0.2) is 13.7 Å². The Morgan fingerprint density at radius 2 is 1.80 bits per heavy atom. The third kappa shape index (κ3) is 3.50. The van der Waals surface area contributed by atoms with E-state index in [2.05, 4.69) is 0 Å². The van der Waals surface area contributed by atoms with E-state index in [4.69, 9.17) is 0 Å². The molecule has 2 aliphatic heterocycles.